The molecule has 44 heavy (non-hydrogen) atoms. The molecule has 0 unspecified atom stereocenters. The molecule has 236 valence electrons. The first kappa shape index (κ1) is 33.2. The van der Waals surface area contributed by atoms with E-state index in [9.17, 15) is 4.79 Å². The summed E-state index contributed by atoms with van der Waals surface area (Å²) in [6.45, 7) is 10.2. The summed E-state index contributed by atoms with van der Waals surface area (Å²) in [5.41, 5.74) is 11.7. The number of ether oxygens (including phenoxy) is 2. The molecule has 1 saturated heterocycles. The number of carbonyl (C=O) groups is 1. The summed E-state index contributed by atoms with van der Waals surface area (Å²) in [6.07, 6.45) is 3.69. The van der Waals surface area contributed by atoms with E-state index >= 15 is 0 Å². The second kappa shape index (κ2) is 18.2. The Balaban J connectivity index is 1.33. The standard InChI is InChI=1S/C36H49N5O3/c1-3-4-19-38-36(37)39-35(42)18-14-29-13-17-33(34(26-29)44-25-8-24-43-2)32-15-11-31(12-16-32)28-41-22-20-40(21-23-41)27-30-9-6-5-7-10-30/h5-7,9-13,15-17,26H,3-4,8,14,18-25,27-28H2,1-2H3,(H3,37,38,39,42). The maximum atomic E-state index is 12.4. The van der Waals surface area contributed by atoms with Crippen LogP contribution in [0, 0.1) is 0 Å². The molecule has 0 bridgehead atoms. The summed E-state index contributed by atoms with van der Waals surface area (Å²) in [5.74, 6) is 0.874. The molecule has 0 atom stereocenters. The maximum absolute atomic E-state index is 12.4. The highest BCUT2D eigenvalue weighted by molar-refractivity contribution is 5.96. The van der Waals surface area contributed by atoms with Crippen LogP contribution in [-0.4, -0.2) is 74.7 Å². The van der Waals surface area contributed by atoms with Crippen molar-refractivity contribution in [1.29, 1.82) is 0 Å². The molecule has 0 radical (unpaired) electrons. The number of unbranched alkanes of at least 4 members (excludes halogenated alkanes) is 1. The summed E-state index contributed by atoms with van der Waals surface area (Å²) < 4.78 is 11.4. The number of aliphatic imine (C=N–C) groups is 1. The molecule has 1 aliphatic rings. The Bertz CT molecular complexity index is 1310. The van der Waals surface area contributed by atoms with Crippen molar-refractivity contribution < 1.29 is 14.3 Å². The van der Waals surface area contributed by atoms with E-state index < -0.39 is 0 Å². The van der Waals surface area contributed by atoms with Crippen LogP contribution < -0.4 is 15.8 Å². The number of methoxy groups -OCH3 is 1. The lowest BCUT2D eigenvalue weighted by Crippen LogP contribution is -2.45. The predicted molar refractivity (Wildman–Crippen MR) is 179 cm³/mol. The molecule has 0 spiro atoms. The van der Waals surface area contributed by atoms with Crippen molar-refractivity contribution in [3.05, 3.63) is 89.5 Å². The van der Waals surface area contributed by atoms with Crippen LogP contribution in [0.15, 0.2) is 77.8 Å². The molecule has 0 aromatic heterocycles. The average molecular weight is 600 g/mol. The quantitative estimate of drug-likeness (QED) is 0.133. The minimum absolute atomic E-state index is 0.136. The van der Waals surface area contributed by atoms with Crippen molar-refractivity contribution in [2.24, 2.45) is 10.7 Å². The molecule has 1 amide bonds. The van der Waals surface area contributed by atoms with Crippen LogP contribution in [0.25, 0.3) is 11.1 Å². The van der Waals surface area contributed by atoms with Gasteiger partial charge in [-0.05, 0) is 41.2 Å². The molecular weight excluding hydrogens is 550 g/mol. The molecular formula is C36H49N5O3. The molecule has 1 fully saturated rings. The zero-order valence-corrected chi connectivity index (χ0v) is 26.5. The highest BCUT2D eigenvalue weighted by Gasteiger charge is 2.17. The van der Waals surface area contributed by atoms with Gasteiger partial charge in [0.2, 0.25) is 5.91 Å². The number of hydrogen-bond donors (Lipinski definition) is 2. The van der Waals surface area contributed by atoms with E-state index in [0.29, 0.717) is 32.6 Å². The number of amides is 1. The first-order valence-electron chi connectivity index (χ1n) is 16.0. The number of nitrogens with zero attached hydrogens (tertiary/aromatic N) is 3. The maximum Gasteiger partial charge on any atom is 0.226 e. The minimum atomic E-state index is -0.136. The van der Waals surface area contributed by atoms with E-state index in [1.165, 1.54) is 11.1 Å². The van der Waals surface area contributed by atoms with Gasteiger partial charge < -0.3 is 15.2 Å². The number of guanidine groups is 1. The van der Waals surface area contributed by atoms with Crippen molar-refractivity contribution in [2.45, 2.75) is 52.1 Å². The van der Waals surface area contributed by atoms with Crippen LogP contribution in [0.1, 0.15) is 49.3 Å². The fourth-order valence-electron chi connectivity index (χ4n) is 5.32. The van der Waals surface area contributed by atoms with Gasteiger partial charge in [0.1, 0.15) is 5.75 Å². The number of hydrogen-bond acceptors (Lipinski definition) is 6. The lowest BCUT2D eigenvalue weighted by Gasteiger charge is -2.34. The van der Waals surface area contributed by atoms with Gasteiger partial charge in [0.25, 0.3) is 0 Å². The summed E-state index contributed by atoms with van der Waals surface area (Å²) in [6, 6.07) is 25.8. The summed E-state index contributed by atoms with van der Waals surface area (Å²) in [7, 11) is 1.70. The van der Waals surface area contributed by atoms with Crippen LogP contribution in [0.3, 0.4) is 0 Å². The second-order valence-corrected chi connectivity index (χ2v) is 11.4. The lowest BCUT2D eigenvalue weighted by atomic mass is 9.99. The summed E-state index contributed by atoms with van der Waals surface area (Å²) >= 11 is 0. The largest absolute Gasteiger partial charge is 0.493 e. The number of nitrogens with one attached hydrogen (secondary N) is 1. The third kappa shape index (κ3) is 11.1. The van der Waals surface area contributed by atoms with Crippen molar-refractivity contribution in [2.75, 3.05) is 53.0 Å². The Morgan fingerprint density at radius 2 is 1.52 bits per heavy atom. The smallest absolute Gasteiger partial charge is 0.226 e. The van der Waals surface area contributed by atoms with Gasteiger partial charge in [0, 0.05) is 77.9 Å². The topological polar surface area (TPSA) is 92.4 Å². The third-order valence-electron chi connectivity index (χ3n) is 7.88. The summed E-state index contributed by atoms with van der Waals surface area (Å²) in [4.78, 5) is 21.7. The van der Waals surface area contributed by atoms with Crippen LogP contribution in [0.4, 0.5) is 0 Å². The van der Waals surface area contributed by atoms with E-state index in [1.807, 2.05) is 0 Å². The number of aryl methyl sites for hydroxylation is 1. The van der Waals surface area contributed by atoms with E-state index in [-0.39, 0.29) is 11.9 Å². The Morgan fingerprint density at radius 3 is 2.18 bits per heavy atom. The van der Waals surface area contributed by atoms with Crippen LogP contribution in [0.2, 0.25) is 0 Å². The van der Waals surface area contributed by atoms with Crippen LogP contribution >= 0.6 is 0 Å². The molecule has 0 aliphatic carbocycles. The second-order valence-electron chi connectivity index (χ2n) is 11.4. The van der Waals surface area contributed by atoms with Crippen molar-refractivity contribution in [3.8, 4) is 16.9 Å². The summed E-state index contributed by atoms with van der Waals surface area (Å²) in [5, 5.41) is 2.69. The molecule has 0 saturated carbocycles. The van der Waals surface area contributed by atoms with Crippen molar-refractivity contribution in [3.63, 3.8) is 0 Å². The Morgan fingerprint density at radius 1 is 0.864 bits per heavy atom. The van der Waals surface area contributed by atoms with E-state index in [4.69, 9.17) is 15.2 Å². The SMILES string of the molecule is CCCCN=C(N)NC(=O)CCc1ccc(-c2ccc(CN3CCN(Cc4ccccc4)CC3)cc2)c(OCCCOC)c1. The molecule has 1 heterocycles. The molecule has 4 rings (SSSR count). The predicted octanol–water partition coefficient (Wildman–Crippen LogP) is 5.25. The lowest BCUT2D eigenvalue weighted by molar-refractivity contribution is -0.119. The number of nitrogens with two attached hydrogens (primary N) is 1. The van der Waals surface area contributed by atoms with Gasteiger partial charge in [0.05, 0.1) is 6.61 Å². The third-order valence-corrected chi connectivity index (χ3v) is 7.88. The van der Waals surface area contributed by atoms with Gasteiger partial charge in [-0.1, -0.05) is 80.1 Å². The molecule has 3 aromatic carbocycles. The van der Waals surface area contributed by atoms with Crippen molar-refractivity contribution >= 4 is 11.9 Å². The van der Waals surface area contributed by atoms with Crippen LogP contribution in [-0.2, 0) is 29.0 Å². The first-order valence-corrected chi connectivity index (χ1v) is 16.0. The molecule has 8 heteroatoms. The van der Waals surface area contributed by atoms with Gasteiger partial charge in [-0.2, -0.15) is 0 Å². The normalized spacial score (nSPS) is 14.5. The molecule has 3 aromatic rings. The van der Waals surface area contributed by atoms with E-state index in [0.717, 1.165) is 81.0 Å². The van der Waals surface area contributed by atoms with E-state index in [2.05, 4.69) is 99.8 Å². The Hall–Kier alpha value is -3.72. The van der Waals surface area contributed by atoms with Gasteiger partial charge in [-0.25, -0.2) is 0 Å². The highest BCUT2D eigenvalue weighted by atomic mass is 16.5. The molecule has 8 nitrogen and oxygen atoms in total. The average Bonchev–Trinajstić information content (AvgIpc) is 3.04. The zero-order valence-electron chi connectivity index (χ0n) is 26.5. The van der Waals surface area contributed by atoms with Gasteiger partial charge in [-0.3, -0.25) is 24.9 Å². The fourth-order valence-corrected chi connectivity index (χ4v) is 5.32. The number of benzene rings is 3. The highest BCUT2D eigenvalue weighted by Crippen LogP contribution is 2.32. The number of rotatable bonds is 16. The first-order chi connectivity index (χ1) is 21.5. The minimum Gasteiger partial charge on any atom is -0.493 e. The van der Waals surface area contributed by atoms with Crippen LogP contribution in [0.5, 0.6) is 5.75 Å². The Labute approximate surface area is 263 Å². The molecule has 1 aliphatic heterocycles. The van der Waals surface area contributed by atoms with E-state index in [1.54, 1.807) is 7.11 Å². The Kier molecular flexibility index (Phi) is 13.7. The van der Waals surface area contributed by atoms with Gasteiger partial charge in [0.15, 0.2) is 5.96 Å². The van der Waals surface area contributed by atoms with Gasteiger partial charge in [-0.15, -0.1) is 0 Å². The number of carbonyl (C=O) groups excluding carboxylic acids is 1. The monoisotopic (exact) mass is 599 g/mol. The van der Waals surface area contributed by atoms with Gasteiger partial charge >= 0.3 is 0 Å². The zero-order chi connectivity index (χ0) is 31.0. The van der Waals surface area contributed by atoms with Crippen molar-refractivity contribution in [1.82, 2.24) is 15.1 Å². The fraction of sp³-hybridized carbons (Fsp3) is 0.444. The molecule has 3 N–H and O–H groups in total. The number of piperazine rings is 1.